The van der Waals surface area contributed by atoms with Crippen LogP contribution in [0.2, 0.25) is 0 Å². The van der Waals surface area contributed by atoms with E-state index in [-0.39, 0.29) is 29.5 Å². The van der Waals surface area contributed by atoms with Gasteiger partial charge in [-0.25, -0.2) is 13.6 Å². The Morgan fingerprint density at radius 2 is 1.86 bits per heavy atom. The first kappa shape index (κ1) is 15.1. The molecule has 1 atom stereocenters. The quantitative estimate of drug-likeness (QED) is 0.886. The largest absolute Gasteiger partial charge is 0.478 e. The highest BCUT2D eigenvalue weighted by Gasteiger charge is 2.10. The molecule has 0 aliphatic heterocycles. The molecule has 0 saturated heterocycles. The Morgan fingerprint density at radius 3 is 2.48 bits per heavy atom. The number of benzene rings is 2. The third-order valence-electron chi connectivity index (χ3n) is 3.26. The van der Waals surface area contributed by atoms with Crippen molar-refractivity contribution in [3.63, 3.8) is 0 Å². The first-order valence-corrected chi connectivity index (χ1v) is 6.48. The summed E-state index contributed by atoms with van der Waals surface area (Å²) in [5.74, 6) is -1.87. The van der Waals surface area contributed by atoms with Gasteiger partial charge >= 0.3 is 5.97 Å². The Bertz CT molecular complexity index is 641. The van der Waals surface area contributed by atoms with E-state index < -0.39 is 11.8 Å². The molecule has 0 aliphatic rings. The van der Waals surface area contributed by atoms with Gasteiger partial charge < -0.3 is 10.4 Å². The van der Waals surface area contributed by atoms with Crippen molar-refractivity contribution in [2.75, 3.05) is 0 Å². The van der Waals surface area contributed by atoms with Gasteiger partial charge in [0.1, 0.15) is 11.6 Å². The smallest absolute Gasteiger partial charge is 0.335 e. The fourth-order valence-corrected chi connectivity index (χ4v) is 1.98. The monoisotopic (exact) mass is 291 g/mol. The summed E-state index contributed by atoms with van der Waals surface area (Å²) < 4.78 is 26.5. The highest BCUT2D eigenvalue weighted by Crippen LogP contribution is 2.16. The van der Waals surface area contributed by atoms with Crippen molar-refractivity contribution >= 4 is 5.97 Å². The Balaban J connectivity index is 2.07. The van der Waals surface area contributed by atoms with Crippen LogP contribution in [0.3, 0.4) is 0 Å². The molecule has 0 heterocycles. The molecule has 0 saturated carbocycles. The number of aromatic carboxylic acids is 1. The van der Waals surface area contributed by atoms with Crippen molar-refractivity contribution in [3.05, 3.63) is 70.8 Å². The Labute approximate surface area is 121 Å². The molecular weight excluding hydrogens is 276 g/mol. The van der Waals surface area contributed by atoms with Crippen molar-refractivity contribution in [1.29, 1.82) is 0 Å². The maximum absolute atomic E-state index is 13.7. The number of hydrogen-bond donors (Lipinski definition) is 2. The molecule has 5 heteroatoms. The first-order valence-electron chi connectivity index (χ1n) is 6.48. The van der Waals surface area contributed by atoms with Crippen molar-refractivity contribution in [2.45, 2.75) is 19.5 Å². The Kier molecular flexibility index (Phi) is 4.65. The molecule has 2 rings (SSSR count). The number of carboxylic acid groups (broad SMARTS) is 1. The van der Waals surface area contributed by atoms with Gasteiger partial charge in [0.05, 0.1) is 5.56 Å². The molecule has 21 heavy (non-hydrogen) atoms. The second-order valence-corrected chi connectivity index (χ2v) is 4.77. The molecule has 0 radical (unpaired) electrons. The predicted molar refractivity (Wildman–Crippen MR) is 75.0 cm³/mol. The Hall–Kier alpha value is -2.27. The van der Waals surface area contributed by atoms with Crippen molar-refractivity contribution in [2.24, 2.45) is 0 Å². The van der Waals surface area contributed by atoms with Gasteiger partial charge in [0, 0.05) is 18.2 Å². The lowest BCUT2D eigenvalue weighted by atomic mass is 10.1. The Morgan fingerprint density at radius 1 is 1.19 bits per heavy atom. The van der Waals surface area contributed by atoms with Gasteiger partial charge in [-0.1, -0.05) is 12.1 Å². The molecule has 110 valence electrons. The third-order valence-corrected chi connectivity index (χ3v) is 3.26. The van der Waals surface area contributed by atoms with Gasteiger partial charge in [0.2, 0.25) is 0 Å². The average Bonchev–Trinajstić information content (AvgIpc) is 2.46. The molecule has 0 fully saturated rings. The minimum Gasteiger partial charge on any atom is -0.478 e. The van der Waals surface area contributed by atoms with E-state index in [1.54, 1.807) is 12.1 Å². The van der Waals surface area contributed by atoms with E-state index in [4.69, 9.17) is 5.11 Å². The topological polar surface area (TPSA) is 49.3 Å². The molecule has 0 spiro atoms. The molecule has 0 bridgehead atoms. The molecule has 0 amide bonds. The van der Waals surface area contributed by atoms with Crippen molar-refractivity contribution in [3.8, 4) is 0 Å². The number of carbonyl (C=O) groups is 1. The van der Waals surface area contributed by atoms with Crippen LogP contribution in [0.5, 0.6) is 0 Å². The number of nitrogens with one attached hydrogen (secondary N) is 1. The summed E-state index contributed by atoms with van der Waals surface area (Å²) in [5, 5.41) is 12.0. The molecule has 0 aromatic heterocycles. The van der Waals surface area contributed by atoms with Crippen LogP contribution in [-0.2, 0) is 6.54 Å². The lowest BCUT2D eigenvalue weighted by Crippen LogP contribution is -2.19. The van der Waals surface area contributed by atoms with Crippen molar-refractivity contribution in [1.82, 2.24) is 5.32 Å². The van der Waals surface area contributed by atoms with Crippen molar-refractivity contribution < 1.29 is 18.7 Å². The summed E-state index contributed by atoms with van der Waals surface area (Å²) in [5.41, 5.74) is 1.19. The molecule has 2 N–H and O–H groups in total. The van der Waals surface area contributed by atoms with Crippen LogP contribution in [0.1, 0.15) is 34.5 Å². The van der Waals surface area contributed by atoms with Crippen LogP contribution in [0.25, 0.3) is 0 Å². The van der Waals surface area contributed by atoms with Crippen LogP contribution in [-0.4, -0.2) is 11.1 Å². The van der Waals surface area contributed by atoms with Crippen LogP contribution >= 0.6 is 0 Å². The van der Waals surface area contributed by atoms with E-state index in [1.165, 1.54) is 24.3 Å². The van der Waals surface area contributed by atoms with E-state index in [2.05, 4.69) is 5.32 Å². The zero-order valence-corrected chi connectivity index (χ0v) is 11.4. The molecule has 2 aromatic rings. The standard InChI is InChI=1S/C16H15F2NO2/c1-10(11-2-5-14(17)6-3-11)19-9-13-8-12(16(20)21)4-7-15(13)18/h2-8,10,19H,9H2,1H3,(H,20,21). The van der Waals surface area contributed by atoms with Crippen LogP contribution < -0.4 is 5.32 Å². The SMILES string of the molecule is CC(NCc1cc(C(=O)O)ccc1F)c1ccc(F)cc1. The fraction of sp³-hybridized carbons (Fsp3) is 0.188. The second kappa shape index (κ2) is 6.45. The lowest BCUT2D eigenvalue weighted by Gasteiger charge is -2.15. The van der Waals surface area contributed by atoms with Gasteiger partial charge in [0.15, 0.2) is 0 Å². The number of carboxylic acids is 1. The summed E-state index contributed by atoms with van der Waals surface area (Å²) in [6.45, 7) is 2.05. The summed E-state index contributed by atoms with van der Waals surface area (Å²) in [6.07, 6.45) is 0. The summed E-state index contributed by atoms with van der Waals surface area (Å²) in [6, 6.07) is 9.58. The van der Waals surface area contributed by atoms with E-state index in [0.717, 1.165) is 11.6 Å². The van der Waals surface area contributed by atoms with E-state index in [9.17, 15) is 13.6 Å². The average molecular weight is 291 g/mol. The molecule has 1 unspecified atom stereocenters. The van der Waals surface area contributed by atoms with E-state index in [1.807, 2.05) is 6.92 Å². The minimum absolute atomic E-state index is 0.0441. The normalized spacial score (nSPS) is 12.1. The first-order chi connectivity index (χ1) is 9.97. The van der Waals surface area contributed by atoms with Gasteiger partial charge in [-0.2, -0.15) is 0 Å². The zero-order valence-electron chi connectivity index (χ0n) is 11.4. The van der Waals surface area contributed by atoms with Crippen LogP contribution in [0.15, 0.2) is 42.5 Å². The van der Waals surface area contributed by atoms with Gasteiger partial charge in [-0.15, -0.1) is 0 Å². The number of halogens is 2. The maximum Gasteiger partial charge on any atom is 0.335 e. The zero-order chi connectivity index (χ0) is 15.4. The highest BCUT2D eigenvalue weighted by atomic mass is 19.1. The molecular formula is C16H15F2NO2. The molecule has 3 nitrogen and oxygen atoms in total. The minimum atomic E-state index is -1.09. The second-order valence-electron chi connectivity index (χ2n) is 4.77. The van der Waals surface area contributed by atoms with Gasteiger partial charge in [-0.05, 0) is 42.8 Å². The molecule has 0 aliphatic carbocycles. The van der Waals surface area contributed by atoms with Crippen LogP contribution in [0.4, 0.5) is 8.78 Å². The predicted octanol–water partition coefficient (Wildman–Crippen LogP) is 3.51. The highest BCUT2D eigenvalue weighted by molar-refractivity contribution is 5.87. The number of hydrogen-bond acceptors (Lipinski definition) is 2. The van der Waals surface area contributed by atoms with Gasteiger partial charge in [0.25, 0.3) is 0 Å². The lowest BCUT2D eigenvalue weighted by molar-refractivity contribution is 0.0696. The summed E-state index contributed by atoms with van der Waals surface area (Å²) in [4.78, 5) is 10.9. The van der Waals surface area contributed by atoms with Gasteiger partial charge in [-0.3, -0.25) is 0 Å². The summed E-state index contributed by atoms with van der Waals surface area (Å²) >= 11 is 0. The number of rotatable bonds is 5. The van der Waals surface area contributed by atoms with E-state index >= 15 is 0 Å². The maximum atomic E-state index is 13.7. The summed E-state index contributed by atoms with van der Waals surface area (Å²) in [7, 11) is 0. The third kappa shape index (κ3) is 3.86. The fourth-order valence-electron chi connectivity index (χ4n) is 1.98. The molecule has 2 aromatic carbocycles. The van der Waals surface area contributed by atoms with Crippen LogP contribution in [0, 0.1) is 11.6 Å². The van der Waals surface area contributed by atoms with E-state index in [0.29, 0.717) is 0 Å².